The molecule has 0 saturated heterocycles. The summed E-state index contributed by atoms with van der Waals surface area (Å²) in [6, 6.07) is 0. The molecule has 0 heterocycles. The topological polar surface area (TPSA) is 78.9 Å². The first kappa shape index (κ1) is 66.6. The predicted molar refractivity (Wildman–Crippen MR) is 302 cm³/mol. The van der Waals surface area contributed by atoms with E-state index in [1.54, 1.807) is 0 Å². The monoisotopic (exact) mass is 975 g/mol. The Morgan fingerprint density at radius 2 is 0.600 bits per heavy atom. The Kier molecular flexibility index (Phi) is 55.3. The third-order valence-corrected chi connectivity index (χ3v) is 12.7. The van der Waals surface area contributed by atoms with Gasteiger partial charge in [-0.2, -0.15) is 0 Å². The third-order valence-electron chi connectivity index (χ3n) is 12.7. The number of carbonyl (C=O) groups excluding carboxylic acids is 3. The van der Waals surface area contributed by atoms with E-state index in [0.717, 1.165) is 96.3 Å². The van der Waals surface area contributed by atoms with E-state index in [1.165, 1.54) is 148 Å². The van der Waals surface area contributed by atoms with Gasteiger partial charge in [0.1, 0.15) is 13.2 Å². The predicted octanol–water partition coefficient (Wildman–Crippen LogP) is 19.9. The summed E-state index contributed by atoms with van der Waals surface area (Å²) >= 11 is 0. The average molecular weight is 976 g/mol. The van der Waals surface area contributed by atoms with Crippen LogP contribution in [0.2, 0.25) is 0 Å². The first-order chi connectivity index (χ1) is 34.5. The summed E-state index contributed by atoms with van der Waals surface area (Å²) in [6.45, 7) is 6.49. The lowest BCUT2D eigenvalue weighted by molar-refractivity contribution is -0.167. The Labute approximate surface area is 433 Å². The van der Waals surface area contributed by atoms with Gasteiger partial charge in [0.05, 0.1) is 0 Å². The molecule has 0 aliphatic rings. The molecule has 6 heteroatoms. The van der Waals surface area contributed by atoms with Gasteiger partial charge >= 0.3 is 17.9 Å². The fourth-order valence-electron chi connectivity index (χ4n) is 8.23. The van der Waals surface area contributed by atoms with Crippen molar-refractivity contribution in [2.24, 2.45) is 0 Å². The minimum atomic E-state index is -0.791. The zero-order chi connectivity index (χ0) is 50.7. The van der Waals surface area contributed by atoms with Crippen molar-refractivity contribution in [3.05, 3.63) is 85.1 Å². The Morgan fingerprint density at radius 3 is 1.00 bits per heavy atom. The molecule has 0 fully saturated rings. The number of rotatable bonds is 53. The Bertz CT molecular complexity index is 1350. The Morgan fingerprint density at radius 1 is 0.314 bits per heavy atom. The van der Waals surface area contributed by atoms with Crippen LogP contribution in [-0.4, -0.2) is 37.2 Å². The van der Waals surface area contributed by atoms with Gasteiger partial charge in [0, 0.05) is 19.3 Å². The summed E-state index contributed by atoms with van der Waals surface area (Å²) in [4.78, 5) is 38.2. The number of ether oxygens (including phenoxy) is 3. The maximum atomic E-state index is 12.9. The van der Waals surface area contributed by atoms with Crippen molar-refractivity contribution >= 4 is 17.9 Å². The number of carbonyl (C=O) groups is 3. The van der Waals surface area contributed by atoms with Crippen LogP contribution < -0.4 is 0 Å². The second-order valence-electron chi connectivity index (χ2n) is 19.6. The van der Waals surface area contributed by atoms with Crippen LogP contribution in [0.3, 0.4) is 0 Å². The minimum Gasteiger partial charge on any atom is -0.462 e. The van der Waals surface area contributed by atoms with Crippen LogP contribution in [0.15, 0.2) is 85.1 Å². The lowest BCUT2D eigenvalue weighted by Crippen LogP contribution is -2.30. The van der Waals surface area contributed by atoms with E-state index >= 15 is 0 Å². The fourth-order valence-corrected chi connectivity index (χ4v) is 8.23. The van der Waals surface area contributed by atoms with Gasteiger partial charge in [-0.05, 0) is 89.9 Å². The van der Waals surface area contributed by atoms with Gasteiger partial charge in [-0.1, -0.05) is 260 Å². The van der Waals surface area contributed by atoms with E-state index < -0.39 is 6.10 Å². The average Bonchev–Trinajstić information content (AvgIpc) is 3.36. The first-order valence-corrected chi connectivity index (χ1v) is 29.6. The van der Waals surface area contributed by atoms with E-state index in [-0.39, 0.29) is 31.1 Å². The highest BCUT2D eigenvalue weighted by atomic mass is 16.6. The van der Waals surface area contributed by atoms with Crippen LogP contribution in [0.5, 0.6) is 0 Å². The molecule has 6 nitrogen and oxygen atoms in total. The molecule has 0 saturated carbocycles. The fraction of sp³-hybridized carbons (Fsp3) is 0.734. The van der Waals surface area contributed by atoms with Crippen molar-refractivity contribution in [2.75, 3.05) is 13.2 Å². The van der Waals surface area contributed by atoms with Crippen LogP contribution in [-0.2, 0) is 28.6 Å². The maximum Gasteiger partial charge on any atom is 0.306 e. The normalized spacial score (nSPS) is 12.7. The highest BCUT2D eigenvalue weighted by Gasteiger charge is 2.19. The van der Waals surface area contributed by atoms with Gasteiger partial charge in [0.15, 0.2) is 6.10 Å². The lowest BCUT2D eigenvalue weighted by Gasteiger charge is -2.18. The van der Waals surface area contributed by atoms with Crippen LogP contribution >= 0.6 is 0 Å². The van der Waals surface area contributed by atoms with E-state index in [4.69, 9.17) is 14.2 Å². The largest absolute Gasteiger partial charge is 0.462 e. The summed E-state index contributed by atoms with van der Waals surface area (Å²) in [6.07, 6.45) is 75.7. The van der Waals surface area contributed by atoms with E-state index in [1.807, 2.05) is 0 Å². The molecule has 0 aromatic heterocycles. The van der Waals surface area contributed by atoms with Crippen LogP contribution in [0, 0.1) is 0 Å². The smallest absolute Gasteiger partial charge is 0.306 e. The molecule has 0 aliphatic carbocycles. The summed E-state index contributed by atoms with van der Waals surface area (Å²) in [5.41, 5.74) is 0. The molecular formula is C64H110O6. The highest BCUT2D eigenvalue weighted by molar-refractivity contribution is 5.71. The SMILES string of the molecule is CC/C=C\C/C=C\C/C=C\C/C=C\C/C=C\CCCCCC(=O)OCC(COC(=O)CCCCCCCCCCCCCCCC)OC(=O)CCCCCCCCCCCC/C=C\C=C/CCCCC. The molecule has 0 bridgehead atoms. The summed E-state index contributed by atoms with van der Waals surface area (Å²) in [7, 11) is 0. The second kappa shape index (κ2) is 58.2. The zero-order valence-corrected chi connectivity index (χ0v) is 46.0. The molecular weight excluding hydrogens is 865 g/mol. The van der Waals surface area contributed by atoms with Crippen LogP contribution in [0.1, 0.15) is 284 Å². The molecule has 1 unspecified atom stereocenters. The molecule has 0 rings (SSSR count). The molecule has 0 aromatic carbocycles. The second-order valence-corrected chi connectivity index (χ2v) is 19.6. The quantitative estimate of drug-likeness (QED) is 0.0199. The van der Waals surface area contributed by atoms with E-state index in [9.17, 15) is 14.4 Å². The molecule has 1 atom stereocenters. The van der Waals surface area contributed by atoms with Gasteiger partial charge in [-0.25, -0.2) is 0 Å². The summed E-state index contributed by atoms with van der Waals surface area (Å²) in [5, 5.41) is 0. The van der Waals surface area contributed by atoms with Crippen LogP contribution in [0.25, 0.3) is 0 Å². The van der Waals surface area contributed by atoms with Crippen molar-refractivity contribution in [3.63, 3.8) is 0 Å². The molecule has 0 aromatic rings. The van der Waals surface area contributed by atoms with Crippen molar-refractivity contribution < 1.29 is 28.6 Å². The first-order valence-electron chi connectivity index (χ1n) is 29.6. The Hall–Kier alpha value is -3.41. The number of hydrogen-bond donors (Lipinski definition) is 0. The van der Waals surface area contributed by atoms with Gasteiger partial charge in [0.25, 0.3) is 0 Å². The Balaban J connectivity index is 4.43. The van der Waals surface area contributed by atoms with E-state index in [0.29, 0.717) is 19.3 Å². The van der Waals surface area contributed by atoms with Gasteiger partial charge < -0.3 is 14.2 Å². The highest BCUT2D eigenvalue weighted by Crippen LogP contribution is 2.16. The maximum absolute atomic E-state index is 12.9. The number of allylic oxidation sites excluding steroid dienone is 14. The number of hydrogen-bond acceptors (Lipinski definition) is 6. The van der Waals surface area contributed by atoms with Gasteiger partial charge in [-0.15, -0.1) is 0 Å². The van der Waals surface area contributed by atoms with Gasteiger partial charge in [0.2, 0.25) is 0 Å². The summed E-state index contributed by atoms with van der Waals surface area (Å²) < 4.78 is 16.9. The standard InChI is InChI=1S/C64H110O6/c1-4-7-10-13-16-19-22-25-28-30-32-34-36-39-42-45-48-51-54-57-63(66)69-60-61(59-68-62(65)56-53-50-47-44-41-38-27-24-21-18-15-12-9-6-3)70-64(67)58-55-52-49-46-43-40-37-35-33-31-29-26-23-20-17-14-11-8-5-2/h7,10,16-17,19-20,23,25-26,28,32,34,39,42,61H,4-6,8-9,11-15,18,21-22,24,27,29-31,33,35-38,40-41,43-60H2,1-3H3/b10-7-,19-16-,20-17-,26-23-,28-25-,34-32-,42-39-. The minimum absolute atomic E-state index is 0.0864. The number of unbranched alkanes of at least 4 members (excludes halogenated alkanes) is 29. The molecule has 0 spiro atoms. The third kappa shape index (κ3) is 55.5. The molecule has 0 aliphatic heterocycles. The molecule has 0 radical (unpaired) electrons. The molecule has 402 valence electrons. The van der Waals surface area contributed by atoms with Crippen molar-refractivity contribution in [2.45, 2.75) is 290 Å². The van der Waals surface area contributed by atoms with Crippen molar-refractivity contribution in [3.8, 4) is 0 Å². The molecule has 70 heavy (non-hydrogen) atoms. The van der Waals surface area contributed by atoms with Gasteiger partial charge in [-0.3, -0.25) is 14.4 Å². The number of esters is 3. The van der Waals surface area contributed by atoms with Crippen molar-refractivity contribution in [1.29, 1.82) is 0 Å². The zero-order valence-electron chi connectivity index (χ0n) is 46.0. The van der Waals surface area contributed by atoms with Crippen LogP contribution in [0.4, 0.5) is 0 Å². The van der Waals surface area contributed by atoms with E-state index in [2.05, 4.69) is 106 Å². The molecule has 0 N–H and O–H groups in total. The lowest BCUT2D eigenvalue weighted by atomic mass is 10.0. The molecule has 0 amide bonds. The van der Waals surface area contributed by atoms with Crippen molar-refractivity contribution in [1.82, 2.24) is 0 Å². The summed E-state index contributed by atoms with van der Waals surface area (Å²) in [5.74, 6) is -0.914.